The van der Waals surface area contributed by atoms with Crippen molar-refractivity contribution in [3.8, 4) is 22.6 Å². The number of hydrogen-bond acceptors (Lipinski definition) is 12. The molecule has 16 heteroatoms. The van der Waals surface area contributed by atoms with Gasteiger partial charge in [0.2, 0.25) is 0 Å². The van der Waals surface area contributed by atoms with Crippen molar-refractivity contribution in [2.75, 3.05) is 12.5 Å². The molecule has 6 aromatic carbocycles. The highest BCUT2D eigenvalue weighted by Crippen LogP contribution is 2.44. The Morgan fingerprint density at radius 2 is 0.900 bits per heavy atom. The van der Waals surface area contributed by atoms with Gasteiger partial charge in [0.25, 0.3) is 20.2 Å². The predicted molar refractivity (Wildman–Crippen MR) is 195 cm³/mol. The number of phenolic OH excluding ortho intramolecular Hbond substituents is 2. The molecule has 50 heavy (non-hydrogen) atoms. The van der Waals surface area contributed by atoms with Crippen LogP contribution >= 0.6 is 23.5 Å². The molecule has 0 saturated heterocycles. The second-order valence-electron chi connectivity index (χ2n) is 10.7. The van der Waals surface area contributed by atoms with Gasteiger partial charge in [-0.1, -0.05) is 60.7 Å². The quantitative estimate of drug-likeness (QED) is 0.0627. The Hall–Kier alpha value is -4.84. The fourth-order valence-corrected chi connectivity index (χ4v) is 7.70. The Bertz CT molecular complexity index is 2430. The van der Waals surface area contributed by atoms with Gasteiger partial charge in [-0.3, -0.25) is 9.11 Å². The molecular weight excluding hydrogens is 721 g/mol. The fourth-order valence-electron chi connectivity index (χ4n) is 5.26. The first kappa shape index (κ1) is 35.0. The van der Waals surface area contributed by atoms with Gasteiger partial charge in [-0.25, -0.2) is 0 Å². The van der Waals surface area contributed by atoms with Gasteiger partial charge in [0, 0.05) is 20.6 Å². The number of nitrogens with zero attached hydrogens (tertiary/aromatic N) is 4. The van der Waals surface area contributed by atoms with Gasteiger partial charge in [-0.15, -0.1) is 44.0 Å². The van der Waals surface area contributed by atoms with Crippen LogP contribution in [0.1, 0.15) is 0 Å². The Balaban J connectivity index is 1.35. The number of hydrogen-bond donors (Lipinski definition) is 4. The molecule has 12 nitrogen and oxygen atoms in total. The van der Waals surface area contributed by atoms with Crippen LogP contribution in [0.2, 0.25) is 0 Å². The first-order valence-electron chi connectivity index (χ1n) is 14.4. The van der Waals surface area contributed by atoms with E-state index in [2.05, 4.69) is 20.5 Å². The van der Waals surface area contributed by atoms with E-state index in [4.69, 9.17) is 0 Å². The fraction of sp³-hybridized carbons (Fsp3) is 0.0588. The predicted octanol–water partition coefficient (Wildman–Crippen LogP) is 9.84. The molecule has 0 spiro atoms. The number of thioether (sulfide) groups is 2. The van der Waals surface area contributed by atoms with Crippen molar-refractivity contribution in [2.45, 2.75) is 19.6 Å². The van der Waals surface area contributed by atoms with E-state index >= 15 is 0 Å². The van der Waals surface area contributed by atoms with Gasteiger partial charge in [0.1, 0.15) is 21.2 Å². The zero-order valence-corrected chi connectivity index (χ0v) is 29.3. The first-order valence-corrected chi connectivity index (χ1v) is 19.8. The normalized spacial score (nSPS) is 12.5. The van der Waals surface area contributed by atoms with Gasteiger partial charge in [0.15, 0.2) is 11.5 Å². The molecule has 0 aromatic heterocycles. The summed E-state index contributed by atoms with van der Waals surface area (Å²) in [4.78, 5) is 0.205. The highest BCUT2D eigenvalue weighted by atomic mass is 32.2. The van der Waals surface area contributed by atoms with Gasteiger partial charge in [0.05, 0.1) is 11.4 Å². The van der Waals surface area contributed by atoms with E-state index in [0.717, 1.165) is 11.1 Å². The number of benzene rings is 6. The van der Waals surface area contributed by atoms with E-state index in [0.29, 0.717) is 42.7 Å². The maximum Gasteiger partial charge on any atom is 0.296 e. The van der Waals surface area contributed by atoms with Crippen LogP contribution in [-0.4, -0.2) is 48.7 Å². The van der Waals surface area contributed by atoms with E-state index in [1.165, 1.54) is 35.7 Å². The second kappa shape index (κ2) is 13.8. The lowest BCUT2D eigenvalue weighted by atomic mass is 10.0. The summed E-state index contributed by atoms with van der Waals surface area (Å²) < 4.78 is 68.4. The average molecular weight is 747 g/mol. The molecule has 0 fully saturated rings. The summed E-state index contributed by atoms with van der Waals surface area (Å²) in [5.74, 6) is -0.873. The Labute approximate surface area is 295 Å². The van der Waals surface area contributed by atoms with E-state index < -0.39 is 52.9 Å². The van der Waals surface area contributed by atoms with E-state index in [9.17, 15) is 36.2 Å². The van der Waals surface area contributed by atoms with Gasteiger partial charge in [-0.05, 0) is 70.8 Å². The number of fused-ring (bicyclic) bond motifs is 2. The summed E-state index contributed by atoms with van der Waals surface area (Å²) >= 11 is 2.73. The van der Waals surface area contributed by atoms with E-state index in [1.807, 2.05) is 24.6 Å². The maximum atomic E-state index is 12.2. The minimum atomic E-state index is -4.75. The third-order valence-corrected chi connectivity index (χ3v) is 11.0. The molecule has 0 unspecified atom stereocenters. The van der Waals surface area contributed by atoms with Crippen LogP contribution in [0.25, 0.3) is 32.7 Å². The molecule has 0 heterocycles. The lowest BCUT2D eigenvalue weighted by Crippen LogP contribution is -1.99. The minimum Gasteiger partial charge on any atom is -0.505 e. The summed E-state index contributed by atoms with van der Waals surface area (Å²) in [7, 11) is -9.49. The van der Waals surface area contributed by atoms with Crippen molar-refractivity contribution in [2.24, 2.45) is 20.5 Å². The van der Waals surface area contributed by atoms with Crippen molar-refractivity contribution in [3.63, 3.8) is 0 Å². The lowest BCUT2D eigenvalue weighted by molar-refractivity contribution is 0.471. The zero-order valence-electron chi connectivity index (χ0n) is 26.1. The van der Waals surface area contributed by atoms with Gasteiger partial charge >= 0.3 is 0 Å². The molecule has 0 atom stereocenters. The van der Waals surface area contributed by atoms with Crippen LogP contribution in [0.3, 0.4) is 0 Å². The Morgan fingerprint density at radius 1 is 0.520 bits per heavy atom. The van der Waals surface area contributed by atoms with Crippen LogP contribution in [-0.2, 0) is 20.2 Å². The van der Waals surface area contributed by atoms with E-state index in [1.54, 1.807) is 72.8 Å². The van der Waals surface area contributed by atoms with Crippen LogP contribution in [0, 0.1) is 0 Å². The molecular formula is C34H26N4O8S4. The summed E-state index contributed by atoms with van der Waals surface area (Å²) in [6, 6.07) is 26.2. The Kier molecular flexibility index (Phi) is 9.67. The third kappa shape index (κ3) is 6.94. The van der Waals surface area contributed by atoms with Crippen molar-refractivity contribution < 1.29 is 36.2 Å². The largest absolute Gasteiger partial charge is 0.505 e. The topological polar surface area (TPSA) is 199 Å². The summed E-state index contributed by atoms with van der Waals surface area (Å²) in [5.41, 5.74) is 1.57. The van der Waals surface area contributed by atoms with Crippen molar-refractivity contribution in [3.05, 3.63) is 97.1 Å². The smallest absolute Gasteiger partial charge is 0.296 e. The monoisotopic (exact) mass is 746 g/mol. The highest BCUT2D eigenvalue weighted by Gasteiger charge is 2.23. The molecule has 0 amide bonds. The molecule has 0 saturated carbocycles. The molecule has 0 radical (unpaired) electrons. The Morgan fingerprint density at radius 3 is 1.26 bits per heavy atom. The second-order valence-corrected chi connectivity index (χ2v) is 15.2. The van der Waals surface area contributed by atoms with E-state index in [-0.39, 0.29) is 0 Å². The highest BCUT2D eigenvalue weighted by molar-refractivity contribution is 7.99. The van der Waals surface area contributed by atoms with Crippen LogP contribution in [0.4, 0.5) is 22.7 Å². The van der Waals surface area contributed by atoms with Crippen LogP contribution < -0.4 is 0 Å². The van der Waals surface area contributed by atoms with Crippen LogP contribution in [0.5, 0.6) is 11.5 Å². The van der Waals surface area contributed by atoms with Crippen LogP contribution in [0.15, 0.2) is 137 Å². The SMILES string of the molecule is CSc1cc(-c2ccc(/N=N/c3c(S(=O)(=O)O)cc4ccccc4c3O)c(SC)c2)ccc1/N=N/c1c(S(=O)(=O)O)cc2ccccc2c1O. The summed E-state index contributed by atoms with van der Waals surface area (Å²) in [5, 5.41) is 39.8. The molecule has 4 N–H and O–H groups in total. The van der Waals surface area contributed by atoms with Crippen molar-refractivity contribution in [1.82, 2.24) is 0 Å². The van der Waals surface area contributed by atoms with Crippen molar-refractivity contribution in [1.29, 1.82) is 0 Å². The summed E-state index contributed by atoms with van der Waals surface area (Å²) in [6.45, 7) is 0. The first-order chi connectivity index (χ1) is 23.8. The maximum absolute atomic E-state index is 12.2. The third-order valence-electron chi connectivity index (χ3n) is 7.68. The number of azo groups is 2. The summed E-state index contributed by atoms with van der Waals surface area (Å²) in [6.07, 6.45) is 3.66. The standard InChI is InChI=1S/C34H26N4O8S4/c1-47-27-15-19(11-13-25(27)35-37-31-29(49(41,42)43)17-21-7-3-5-9-23(21)33(31)39)20-12-14-26(28(16-20)48-2)36-38-32-30(50(44,45)46)18-22-8-4-6-10-24(22)34(32)40/h3-18,39-40H,1-2H3,(H,41,42,43)(H,44,45,46)/b37-35+,38-36+. The average Bonchev–Trinajstić information content (AvgIpc) is 3.09. The number of aromatic hydroxyl groups is 2. The van der Waals surface area contributed by atoms with Gasteiger partial charge < -0.3 is 10.2 Å². The number of rotatable bonds is 9. The van der Waals surface area contributed by atoms with Crippen molar-refractivity contribution >= 4 is 88.1 Å². The number of phenols is 2. The molecule has 0 aliphatic rings. The molecule has 254 valence electrons. The lowest BCUT2D eigenvalue weighted by Gasteiger charge is -2.11. The molecule has 6 aromatic rings. The molecule has 0 aliphatic heterocycles. The molecule has 6 rings (SSSR count). The zero-order chi connectivity index (χ0) is 35.8. The minimum absolute atomic E-state index is 0.342. The molecule has 0 bridgehead atoms. The van der Waals surface area contributed by atoms with Gasteiger partial charge in [-0.2, -0.15) is 16.8 Å². The molecule has 0 aliphatic carbocycles.